The van der Waals surface area contributed by atoms with Gasteiger partial charge in [-0.15, -0.1) is 0 Å². The lowest BCUT2D eigenvalue weighted by Crippen LogP contribution is -2.15. The number of imidazole rings is 1. The van der Waals surface area contributed by atoms with E-state index in [0.29, 0.717) is 17.4 Å². The zero-order valence-corrected chi connectivity index (χ0v) is 10.3. The smallest absolute Gasteiger partial charge is 0.280 e. The van der Waals surface area contributed by atoms with Gasteiger partial charge in [0.15, 0.2) is 0 Å². The Hall–Kier alpha value is -2.21. The van der Waals surface area contributed by atoms with E-state index in [4.69, 9.17) is 0 Å². The van der Waals surface area contributed by atoms with Gasteiger partial charge in [-0.05, 0) is 18.9 Å². The fraction of sp³-hybridized carbons (Fsp3) is 0.308. The van der Waals surface area contributed by atoms with Crippen molar-refractivity contribution >= 4 is 5.69 Å². The lowest BCUT2D eigenvalue weighted by atomic mass is 10.2. The normalized spacial score (nSPS) is 14.5. The van der Waals surface area contributed by atoms with Gasteiger partial charge < -0.3 is 10.3 Å². The summed E-state index contributed by atoms with van der Waals surface area (Å²) in [5.74, 6) is 0.542. The Morgan fingerprint density at radius 1 is 1.42 bits per heavy atom. The lowest BCUT2D eigenvalue weighted by Gasteiger charge is -2.00. The number of para-hydroxylation sites is 1. The van der Waals surface area contributed by atoms with Crippen LogP contribution in [0.25, 0.3) is 11.4 Å². The third kappa shape index (κ3) is 2.63. The van der Waals surface area contributed by atoms with Gasteiger partial charge in [0.05, 0.1) is 10.5 Å². The van der Waals surface area contributed by atoms with E-state index in [9.17, 15) is 10.1 Å². The zero-order chi connectivity index (χ0) is 13.2. The molecule has 6 heteroatoms. The average Bonchev–Trinajstić information content (AvgIpc) is 3.13. The maximum atomic E-state index is 11.0. The summed E-state index contributed by atoms with van der Waals surface area (Å²) in [5, 5.41) is 14.3. The van der Waals surface area contributed by atoms with Crippen molar-refractivity contribution in [1.82, 2.24) is 15.3 Å². The van der Waals surface area contributed by atoms with Crippen molar-refractivity contribution in [2.45, 2.75) is 25.4 Å². The van der Waals surface area contributed by atoms with Crippen LogP contribution in [0.1, 0.15) is 18.5 Å². The maximum absolute atomic E-state index is 11.0. The number of nitrogens with zero attached hydrogens (tertiary/aromatic N) is 2. The number of rotatable bonds is 5. The molecule has 1 aromatic carbocycles. The molecule has 2 N–H and O–H groups in total. The summed E-state index contributed by atoms with van der Waals surface area (Å²) >= 11 is 0. The molecule has 2 aromatic rings. The molecule has 1 heterocycles. The summed E-state index contributed by atoms with van der Waals surface area (Å²) < 4.78 is 0. The molecule has 0 radical (unpaired) electrons. The molecule has 1 aliphatic rings. The summed E-state index contributed by atoms with van der Waals surface area (Å²) in [4.78, 5) is 17.9. The number of aromatic nitrogens is 2. The van der Waals surface area contributed by atoms with Crippen molar-refractivity contribution in [3.8, 4) is 11.4 Å². The molecule has 1 aliphatic carbocycles. The number of hydrogen-bond acceptors (Lipinski definition) is 4. The summed E-state index contributed by atoms with van der Waals surface area (Å²) in [6, 6.07) is 7.24. The van der Waals surface area contributed by atoms with Gasteiger partial charge in [-0.1, -0.05) is 12.1 Å². The highest BCUT2D eigenvalue weighted by atomic mass is 16.6. The predicted octanol–water partition coefficient (Wildman–Crippen LogP) is 2.24. The molecule has 98 valence electrons. The first-order valence-electron chi connectivity index (χ1n) is 6.25. The van der Waals surface area contributed by atoms with Gasteiger partial charge in [-0.2, -0.15) is 0 Å². The van der Waals surface area contributed by atoms with Crippen LogP contribution in [0, 0.1) is 10.1 Å². The lowest BCUT2D eigenvalue weighted by molar-refractivity contribution is -0.384. The Balaban J connectivity index is 1.83. The molecule has 0 amide bonds. The van der Waals surface area contributed by atoms with Crippen molar-refractivity contribution in [3.05, 3.63) is 46.3 Å². The Morgan fingerprint density at radius 3 is 2.95 bits per heavy atom. The van der Waals surface area contributed by atoms with Gasteiger partial charge in [0.2, 0.25) is 0 Å². The number of benzene rings is 1. The first-order chi connectivity index (χ1) is 9.24. The topological polar surface area (TPSA) is 83.8 Å². The summed E-state index contributed by atoms with van der Waals surface area (Å²) in [7, 11) is 0. The molecular formula is C13H14N4O2. The molecular weight excluding hydrogens is 244 g/mol. The number of nitro groups is 1. The van der Waals surface area contributed by atoms with Crippen LogP contribution < -0.4 is 5.32 Å². The summed E-state index contributed by atoms with van der Waals surface area (Å²) in [6.07, 6.45) is 4.18. The standard InChI is InChI=1S/C13H14N4O2/c18-17(19)12-4-2-1-3-11(12)13-15-8-10(16-13)7-14-9-5-6-9/h1-4,8-9,14H,5-7H2,(H,15,16). The molecule has 6 nitrogen and oxygen atoms in total. The quantitative estimate of drug-likeness (QED) is 0.636. The first-order valence-corrected chi connectivity index (χ1v) is 6.25. The minimum Gasteiger partial charge on any atom is -0.341 e. The van der Waals surface area contributed by atoms with Crippen molar-refractivity contribution < 1.29 is 4.92 Å². The maximum Gasteiger partial charge on any atom is 0.280 e. The van der Waals surface area contributed by atoms with E-state index >= 15 is 0 Å². The number of hydrogen-bond donors (Lipinski definition) is 2. The molecule has 1 fully saturated rings. The minimum absolute atomic E-state index is 0.0681. The molecule has 1 aromatic heterocycles. The fourth-order valence-electron chi connectivity index (χ4n) is 1.96. The molecule has 0 aliphatic heterocycles. The van der Waals surface area contributed by atoms with E-state index in [1.807, 2.05) is 0 Å². The highest BCUT2D eigenvalue weighted by Gasteiger charge is 2.21. The number of H-pyrrole nitrogens is 1. The van der Waals surface area contributed by atoms with Gasteiger partial charge in [0, 0.05) is 30.5 Å². The van der Waals surface area contributed by atoms with Crippen molar-refractivity contribution in [1.29, 1.82) is 0 Å². The molecule has 0 spiro atoms. The second-order valence-electron chi connectivity index (χ2n) is 4.69. The van der Waals surface area contributed by atoms with Gasteiger partial charge >= 0.3 is 0 Å². The average molecular weight is 258 g/mol. The van der Waals surface area contributed by atoms with E-state index < -0.39 is 0 Å². The molecule has 0 atom stereocenters. The zero-order valence-electron chi connectivity index (χ0n) is 10.3. The van der Waals surface area contributed by atoms with Gasteiger partial charge in [-0.25, -0.2) is 4.98 Å². The first kappa shape index (κ1) is 11.9. The van der Waals surface area contributed by atoms with Crippen LogP contribution in [-0.4, -0.2) is 20.9 Å². The largest absolute Gasteiger partial charge is 0.341 e. The van der Waals surface area contributed by atoms with Crippen LogP contribution in [-0.2, 0) is 6.54 Å². The fourth-order valence-corrected chi connectivity index (χ4v) is 1.96. The van der Waals surface area contributed by atoms with E-state index in [1.165, 1.54) is 18.9 Å². The van der Waals surface area contributed by atoms with Gasteiger partial charge in [0.1, 0.15) is 5.82 Å². The Labute approximate surface area is 110 Å². The van der Waals surface area contributed by atoms with Crippen LogP contribution in [0.15, 0.2) is 30.5 Å². The number of nitro benzene ring substituents is 1. The van der Waals surface area contributed by atoms with E-state index in [0.717, 1.165) is 12.2 Å². The molecule has 1 saturated carbocycles. The molecule has 19 heavy (non-hydrogen) atoms. The molecule has 0 unspecified atom stereocenters. The molecule has 3 rings (SSSR count). The highest BCUT2D eigenvalue weighted by Crippen LogP contribution is 2.27. The summed E-state index contributed by atoms with van der Waals surface area (Å²) in [5.41, 5.74) is 1.53. The Bertz CT molecular complexity index is 604. The molecule has 0 bridgehead atoms. The van der Waals surface area contributed by atoms with Gasteiger partial charge in [-0.3, -0.25) is 10.1 Å². The van der Waals surface area contributed by atoms with Crippen molar-refractivity contribution in [2.24, 2.45) is 0 Å². The van der Waals surface area contributed by atoms with E-state index in [1.54, 1.807) is 24.4 Å². The third-order valence-electron chi connectivity index (χ3n) is 3.14. The Kier molecular flexibility index (Phi) is 3.00. The van der Waals surface area contributed by atoms with Crippen LogP contribution >= 0.6 is 0 Å². The van der Waals surface area contributed by atoms with Gasteiger partial charge in [0.25, 0.3) is 5.69 Å². The van der Waals surface area contributed by atoms with Crippen molar-refractivity contribution in [2.75, 3.05) is 0 Å². The van der Waals surface area contributed by atoms with E-state index in [-0.39, 0.29) is 10.6 Å². The number of aromatic amines is 1. The molecule has 0 saturated heterocycles. The van der Waals surface area contributed by atoms with Crippen LogP contribution in [0.4, 0.5) is 5.69 Å². The highest BCUT2D eigenvalue weighted by molar-refractivity contribution is 5.67. The van der Waals surface area contributed by atoms with E-state index in [2.05, 4.69) is 15.3 Å². The second-order valence-corrected chi connectivity index (χ2v) is 4.69. The third-order valence-corrected chi connectivity index (χ3v) is 3.14. The Morgan fingerprint density at radius 2 is 2.21 bits per heavy atom. The minimum atomic E-state index is -0.389. The SMILES string of the molecule is O=[N+]([O-])c1ccccc1-c1ncc(CNC2CC2)[nH]1. The summed E-state index contributed by atoms with van der Waals surface area (Å²) in [6.45, 7) is 0.721. The monoisotopic (exact) mass is 258 g/mol. The predicted molar refractivity (Wildman–Crippen MR) is 70.5 cm³/mol. The van der Waals surface area contributed by atoms with Crippen LogP contribution in [0.2, 0.25) is 0 Å². The van der Waals surface area contributed by atoms with Crippen molar-refractivity contribution in [3.63, 3.8) is 0 Å². The number of nitrogens with one attached hydrogen (secondary N) is 2. The van der Waals surface area contributed by atoms with Crippen LogP contribution in [0.3, 0.4) is 0 Å². The second kappa shape index (κ2) is 4.81. The van der Waals surface area contributed by atoms with Crippen LogP contribution in [0.5, 0.6) is 0 Å².